The second-order valence-electron chi connectivity index (χ2n) is 10.9. The minimum Gasteiger partial charge on any atom is -0.395 e. The van der Waals surface area contributed by atoms with Crippen molar-refractivity contribution in [2.75, 3.05) is 38.1 Å². The molecule has 1 aromatic heterocycles. The number of hydrogen-bond donors (Lipinski definition) is 3. The Balaban J connectivity index is 1.08. The summed E-state index contributed by atoms with van der Waals surface area (Å²) in [4.78, 5) is 45.4. The van der Waals surface area contributed by atoms with E-state index in [9.17, 15) is 19.5 Å². The molecule has 234 valence electrons. The molecular weight excluding hydrogens is 607 g/mol. The lowest BCUT2D eigenvalue weighted by molar-refractivity contribution is -0.130. The van der Waals surface area contributed by atoms with Gasteiger partial charge in [0.1, 0.15) is 0 Å². The van der Waals surface area contributed by atoms with Gasteiger partial charge in [-0.2, -0.15) is 0 Å². The Hall–Kier alpha value is -4.03. The van der Waals surface area contributed by atoms with Crippen molar-refractivity contribution in [3.8, 4) is 0 Å². The molecule has 1 aliphatic rings. The molecule has 9 nitrogen and oxygen atoms in total. The number of anilines is 1. The third-order valence-corrected chi connectivity index (χ3v) is 9.81. The average molecular weight is 644 g/mol. The summed E-state index contributed by atoms with van der Waals surface area (Å²) in [7, 11) is 0. The van der Waals surface area contributed by atoms with Crippen LogP contribution in [0, 0.1) is 0 Å². The van der Waals surface area contributed by atoms with Gasteiger partial charge in [0.15, 0.2) is 5.13 Å². The van der Waals surface area contributed by atoms with Gasteiger partial charge in [0.2, 0.25) is 5.91 Å². The summed E-state index contributed by atoms with van der Waals surface area (Å²) in [6, 6.07) is 25.0. The molecule has 11 heteroatoms. The second-order valence-corrected chi connectivity index (χ2v) is 13.2. The van der Waals surface area contributed by atoms with Crippen molar-refractivity contribution in [2.24, 2.45) is 0 Å². The van der Waals surface area contributed by atoms with E-state index < -0.39 is 0 Å². The van der Waals surface area contributed by atoms with Crippen LogP contribution in [0.15, 0.2) is 89.3 Å². The molecule has 1 aliphatic heterocycles. The van der Waals surface area contributed by atoms with Crippen LogP contribution in [0.1, 0.15) is 44.3 Å². The van der Waals surface area contributed by atoms with Gasteiger partial charge in [-0.25, -0.2) is 4.98 Å². The van der Waals surface area contributed by atoms with Crippen molar-refractivity contribution in [3.63, 3.8) is 0 Å². The number of carbonyl (C=O) groups excluding carboxylic acids is 3. The van der Waals surface area contributed by atoms with Crippen molar-refractivity contribution in [2.45, 2.75) is 35.9 Å². The monoisotopic (exact) mass is 643 g/mol. The first-order valence-corrected chi connectivity index (χ1v) is 16.7. The second kappa shape index (κ2) is 15.8. The van der Waals surface area contributed by atoms with Crippen LogP contribution in [0.25, 0.3) is 0 Å². The lowest BCUT2D eigenvalue weighted by Gasteiger charge is -2.34. The van der Waals surface area contributed by atoms with E-state index >= 15 is 0 Å². The van der Waals surface area contributed by atoms with E-state index in [2.05, 4.69) is 15.6 Å². The quantitative estimate of drug-likeness (QED) is 0.192. The van der Waals surface area contributed by atoms with Crippen molar-refractivity contribution in [1.82, 2.24) is 20.1 Å². The molecule has 3 amide bonds. The first-order valence-electron chi connectivity index (χ1n) is 14.9. The van der Waals surface area contributed by atoms with Crippen LogP contribution in [0.5, 0.6) is 0 Å². The number of aliphatic hydroxyl groups excluding tert-OH is 1. The fraction of sp³-hybridized carbons (Fsp3) is 0.294. The lowest BCUT2D eigenvalue weighted by Crippen LogP contribution is -2.50. The van der Waals surface area contributed by atoms with Crippen LogP contribution in [0.3, 0.4) is 0 Å². The van der Waals surface area contributed by atoms with Crippen molar-refractivity contribution in [3.05, 3.63) is 113 Å². The molecule has 1 atom stereocenters. The number of carbonyl (C=O) groups is 3. The Morgan fingerprint density at radius 3 is 2.31 bits per heavy atom. The fourth-order valence-electron chi connectivity index (χ4n) is 5.04. The van der Waals surface area contributed by atoms with Crippen LogP contribution in [0.2, 0.25) is 0 Å². The van der Waals surface area contributed by atoms with Crippen LogP contribution < -0.4 is 10.6 Å². The van der Waals surface area contributed by atoms with E-state index in [4.69, 9.17) is 0 Å². The summed E-state index contributed by atoms with van der Waals surface area (Å²) in [5.41, 5.74) is 4.39. The molecule has 0 bridgehead atoms. The summed E-state index contributed by atoms with van der Waals surface area (Å²) >= 11 is 3.01. The van der Waals surface area contributed by atoms with E-state index in [-0.39, 0.29) is 30.4 Å². The minimum atomic E-state index is -0.229. The number of aromatic nitrogens is 1. The molecule has 5 rings (SSSR count). The van der Waals surface area contributed by atoms with Gasteiger partial charge in [0.25, 0.3) is 11.8 Å². The van der Waals surface area contributed by atoms with E-state index in [1.165, 1.54) is 16.9 Å². The SMILES string of the molecule is CC(=O)N1CCN(C(=O)c2cccc(CSc3cnc(NC(=O)c4ccc(CN[C@H](CO)Cc5ccccc5)cc4)s3)c2)CC1. The summed E-state index contributed by atoms with van der Waals surface area (Å²) in [6.45, 7) is 4.37. The zero-order chi connectivity index (χ0) is 31.6. The molecule has 0 aliphatic carbocycles. The molecule has 4 aromatic rings. The lowest BCUT2D eigenvalue weighted by atomic mass is 10.1. The Kier molecular flexibility index (Phi) is 11.4. The molecule has 45 heavy (non-hydrogen) atoms. The van der Waals surface area contributed by atoms with Gasteiger partial charge >= 0.3 is 0 Å². The molecule has 3 aromatic carbocycles. The van der Waals surface area contributed by atoms with Crippen molar-refractivity contribution in [1.29, 1.82) is 0 Å². The van der Waals surface area contributed by atoms with E-state index in [1.807, 2.05) is 66.7 Å². The van der Waals surface area contributed by atoms with Crippen molar-refractivity contribution >= 4 is 46.0 Å². The number of rotatable bonds is 12. The van der Waals surface area contributed by atoms with Crippen molar-refractivity contribution < 1.29 is 19.5 Å². The highest BCUT2D eigenvalue weighted by Gasteiger charge is 2.23. The number of nitrogens with one attached hydrogen (secondary N) is 2. The van der Waals surface area contributed by atoms with Crippen LogP contribution in [-0.2, 0) is 23.5 Å². The normalized spacial score (nSPS) is 13.8. The van der Waals surface area contributed by atoms with Gasteiger partial charge in [-0.05, 0) is 47.4 Å². The maximum atomic E-state index is 13.0. The zero-order valence-electron chi connectivity index (χ0n) is 25.1. The number of thioether (sulfide) groups is 1. The maximum absolute atomic E-state index is 13.0. The van der Waals surface area contributed by atoms with E-state index in [0.29, 0.717) is 54.7 Å². The molecular formula is C34H37N5O4S2. The van der Waals surface area contributed by atoms with Crippen LogP contribution in [0.4, 0.5) is 5.13 Å². The standard InChI is InChI=1S/C34H37N5O4S2/c1-24(41)38-14-16-39(17-15-38)33(43)29-9-5-8-27(18-29)23-44-31-21-36-34(45-31)37-32(42)28-12-10-26(11-13-28)20-35-30(22-40)19-25-6-3-2-4-7-25/h2-13,18,21,30,35,40H,14-17,19-20,22-23H2,1H3,(H,36,37,42)/t30-/m0/s1. The number of thiazole rings is 1. The highest BCUT2D eigenvalue weighted by Crippen LogP contribution is 2.31. The van der Waals surface area contributed by atoms with Gasteiger partial charge in [0, 0.05) is 62.6 Å². The number of hydrogen-bond acceptors (Lipinski definition) is 8. The number of amides is 3. The Bertz CT molecular complexity index is 1590. The smallest absolute Gasteiger partial charge is 0.257 e. The topological polar surface area (TPSA) is 115 Å². The maximum Gasteiger partial charge on any atom is 0.257 e. The summed E-state index contributed by atoms with van der Waals surface area (Å²) in [6.07, 6.45) is 2.48. The highest BCUT2D eigenvalue weighted by molar-refractivity contribution is 8.00. The number of benzene rings is 3. The Labute approximate surface area is 271 Å². The van der Waals surface area contributed by atoms with Gasteiger partial charge in [-0.15, -0.1) is 11.8 Å². The van der Waals surface area contributed by atoms with E-state index in [1.54, 1.807) is 46.8 Å². The fourth-order valence-corrected chi connectivity index (χ4v) is 6.85. The molecule has 0 radical (unpaired) electrons. The van der Waals surface area contributed by atoms with Gasteiger partial charge in [-0.1, -0.05) is 65.9 Å². The molecule has 1 fully saturated rings. The molecule has 3 N–H and O–H groups in total. The molecule has 0 unspecified atom stereocenters. The minimum absolute atomic E-state index is 0.0189. The molecule has 1 saturated heterocycles. The number of aliphatic hydroxyl groups is 1. The number of nitrogens with zero attached hydrogens (tertiary/aromatic N) is 3. The molecule has 0 saturated carbocycles. The van der Waals surface area contributed by atoms with E-state index in [0.717, 1.165) is 21.8 Å². The third kappa shape index (κ3) is 9.24. The Morgan fingerprint density at radius 1 is 0.889 bits per heavy atom. The highest BCUT2D eigenvalue weighted by atomic mass is 32.2. The predicted molar refractivity (Wildman–Crippen MR) is 179 cm³/mol. The zero-order valence-corrected chi connectivity index (χ0v) is 26.8. The summed E-state index contributed by atoms with van der Waals surface area (Å²) in [5.74, 6) is 0.452. The predicted octanol–water partition coefficient (Wildman–Crippen LogP) is 4.69. The van der Waals surface area contributed by atoms with Gasteiger partial charge in [-0.3, -0.25) is 19.7 Å². The Morgan fingerprint density at radius 2 is 1.60 bits per heavy atom. The third-order valence-electron chi connectivity index (χ3n) is 7.63. The van der Waals surface area contributed by atoms with Crippen LogP contribution in [-0.4, -0.2) is 76.4 Å². The summed E-state index contributed by atoms with van der Waals surface area (Å²) < 4.78 is 0.956. The molecule has 2 heterocycles. The largest absolute Gasteiger partial charge is 0.395 e. The summed E-state index contributed by atoms with van der Waals surface area (Å²) in [5, 5.41) is 16.6. The first kappa shape index (κ1) is 32.4. The first-order chi connectivity index (χ1) is 21.9. The van der Waals surface area contributed by atoms with Gasteiger partial charge in [0.05, 0.1) is 17.0 Å². The molecule has 0 spiro atoms. The van der Waals surface area contributed by atoms with Crippen LogP contribution >= 0.6 is 23.1 Å². The average Bonchev–Trinajstić information content (AvgIpc) is 3.53. The number of piperazine rings is 1. The van der Waals surface area contributed by atoms with Gasteiger partial charge < -0.3 is 20.2 Å².